The summed E-state index contributed by atoms with van der Waals surface area (Å²) in [5, 5.41) is 9.51. The van der Waals surface area contributed by atoms with Crippen LogP contribution in [-0.4, -0.2) is 24.8 Å². The average molecular weight is 214 g/mol. The summed E-state index contributed by atoms with van der Waals surface area (Å²) in [4.78, 5) is 11.6. The van der Waals surface area contributed by atoms with Crippen LogP contribution < -0.4 is 0 Å². The maximum atomic E-state index is 11.6. The minimum absolute atomic E-state index is 0.123. The van der Waals surface area contributed by atoms with E-state index in [4.69, 9.17) is 4.74 Å². The minimum Gasteiger partial charge on any atom is -0.481 e. The number of hydrogen-bond acceptors (Lipinski definition) is 2. The van der Waals surface area contributed by atoms with Gasteiger partial charge in [-0.2, -0.15) is 0 Å². The Bertz CT molecular complexity index is 219. The van der Waals surface area contributed by atoms with Crippen molar-refractivity contribution >= 4 is 5.97 Å². The van der Waals surface area contributed by atoms with Gasteiger partial charge in [0.2, 0.25) is 0 Å². The van der Waals surface area contributed by atoms with Gasteiger partial charge in [0.1, 0.15) is 0 Å². The zero-order valence-electron chi connectivity index (χ0n) is 9.95. The molecule has 1 aliphatic rings. The van der Waals surface area contributed by atoms with E-state index in [0.717, 1.165) is 25.7 Å². The van der Waals surface area contributed by atoms with E-state index in [9.17, 15) is 9.90 Å². The highest BCUT2D eigenvalue weighted by Gasteiger charge is 2.49. The van der Waals surface area contributed by atoms with E-state index in [0.29, 0.717) is 6.61 Å². The van der Waals surface area contributed by atoms with Crippen LogP contribution in [0.15, 0.2) is 0 Å². The van der Waals surface area contributed by atoms with Crippen molar-refractivity contribution in [3.8, 4) is 0 Å². The summed E-state index contributed by atoms with van der Waals surface area (Å²) >= 11 is 0. The lowest BCUT2D eigenvalue weighted by Gasteiger charge is -2.38. The molecular formula is C12H22O3. The molecule has 3 heteroatoms. The summed E-state index contributed by atoms with van der Waals surface area (Å²) in [6.45, 7) is 4.32. The molecule has 88 valence electrons. The van der Waals surface area contributed by atoms with Gasteiger partial charge in [-0.05, 0) is 24.7 Å². The standard InChI is InChI=1S/C12H22O3/c1-9(2)12(8-15-3,11(13)14)10-6-4-5-7-10/h9-10H,4-8H2,1-3H3,(H,13,14). The van der Waals surface area contributed by atoms with Crippen molar-refractivity contribution in [2.45, 2.75) is 39.5 Å². The normalized spacial score (nSPS) is 21.9. The van der Waals surface area contributed by atoms with E-state index in [2.05, 4.69) is 0 Å². The number of carboxylic acid groups (broad SMARTS) is 1. The first-order chi connectivity index (χ1) is 7.05. The fraction of sp³-hybridized carbons (Fsp3) is 0.917. The fourth-order valence-corrected chi connectivity index (χ4v) is 2.92. The zero-order valence-corrected chi connectivity index (χ0v) is 9.95. The van der Waals surface area contributed by atoms with Crippen LogP contribution in [0.1, 0.15) is 39.5 Å². The molecule has 0 spiro atoms. The van der Waals surface area contributed by atoms with Crippen molar-refractivity contribution in [2.24, 2.45) is 17.3 Å². The Kier molecular flexibility index (Phi) is 4.14. The second kappa shape index (κ2) is 4.97. The number of rotatable bonds is 5. The van der Waals surface area contributed by atoms with Gasteiger partial charge in [0, 0.05) is 7.11 Å². The fourth-order valence-electron chi connectivity index (χ4n) is 2.92. The topological polar surface area (TPSA) is 46.5 Å². The maximum absolute atomic E-state index is 11.6. The molecule has 0 bridgehead atoms. The van der Waals surface area contributed by atoms with Gasteiger partial charge in [-0.25, -0.2) is 0 Å². The van der Waals surface area contributed by atoms with E-state index in [1.54, 1.807) is 7.11 Å². The smallest absolute Gasteiger partial charge is 0.312 e. The molecule has 0 aromatic carbocycles. The predicted molar refractivity (Wildman–Crippen MR) is 58.7 cm³/mol. The van der Waals surface area contributed by atoms with E-state index < -0.39 is 11.4 Å². The second-order valence-corrected chi connectivity index (χ2v) is 4.91. The molecule has 0 heterocycles. The molecule has 0 aromatic rings. The van der Waals surface area contributed by atoms with Gasteiger partial charge in [-0.1, -0.05) is 26.7 Å². The van der Waals surface area contributed by atoms with Gasteiger partial charge >= 0.3 is 5.97 Å². The number of carbonyl (C=O) groups is 1. The summed E-state index contributed by atoms with van der Waals surface area (Å²) in [5.74, 6) is -0.278. The lowest BCUT2D eigenvalue weighted by molar-refractivity contribution is -0.161. The third-order valence-corrected chi connectivity index (χ3v) is 3.90. The quantitative estimate of drug-likeness (QED) is 0.765. The third kappa shape index (κ3) is 2.17. The summed E-state index contributed by atoms with van der Waals surface area (Å²) in [5.41, 5.74) is -0.675. The Hall–Kier alpha value is -0.570. The molecule has 1 rings (SSSR count). The monoisotopic (exact) mass is 214 g/mol. The molecule has 1 saturated carbocycles. The maximum Gasteiger partial charge on any atom is 0.312 e. The van der Waals surface area contributed by atoms with Crippen LogP contribution in [0, 0.1) is 17.3 Å². The Morgan fingerprint density at radius 1 is 1.47 bits per heavy atom. The van der Waals surface area contributed by atoms with E-state index in [-0.39, 0.29) is 11.8 Å². The van der Waals surface area contributed by atoms with Gasteiger partial charge in [-0.3, -0.25) is 4.79 Å². The lowest BCUT2D eigenvalue weighted by atomic mass is 9.67. The van der Waals surface area contributed by atoms with E-state index in [1.807, 2.05) is 13.8 Å². The first-order valence-electron chi connectivity index (χ1n) is 5.78. The Morgan fingerprint density at radius 2 is 2.00 bits per heavy atom. The molecule has 0 radical (unpaired) electrons. The lowest BCUT2D eigenvalue weighted by Crippen LogP contribution is -2.46. The van der Waals surface area contributed by atoms with Crippen molar-refractivity contribution in [1.29, 1.82) is 0 Å². The molecule has 15 heavy (non-hydrogen) atoms. The Balaban J connectivity index is 2.94. The highest BCUT2D eigenvalue weighted by Crippen LogP contribution is 2.45. The second-order valence-electron chi connectivity index (χ2n) is 4.91. The van der Waals surface area contributed by atoms with Crippen LogP contribution >= 0.6 is 0 Å². The van der Waals surface area contributed by atoms with Crippen molar-refractivity contribution in [1.82, 2.24) is 0 Å². The Labute approximate surface area is 91.8 Å². The van der Waals surface area contributed by atoms with E-state index in [1.165, 1.54) is 0 Å². The Morgan fingerprint density at radius 3 is 2.33 bits per heavy atom. The van der Waals surface area contributed by atoms with Crippen LogP contribution in [-0.2, 0) is 9.53 Å². The van der Waals surface area contributed by atoms with Crippen molar-refractivity contribution in [3.63, 3.8) is 0 Å². The first kappa shape index (κ1) is 12.5. The third-order valence-electron chi connectivity index (χ3n) is 3.90. The van der Waals surface area contributed by atoms with Gasteiger partial charge < -0.3 is 9.84 Å². The predicted octanol–water partition coefficient (Wildman–Crippen LogP) is 2.55. The number of methoxy groups -OCH3 is 1. The van der Waals surface area contributed by atoms with E-state index >= 15 is 0 Å². The van der Waals surface area contributed by atoms with Crippen LogP contribution in [0.25, 0.3) is 0 Å². The van der Waals surface area contributed by atoms with Crippen LogP contribution in [0.3, 0.4) is 0 Å². The summed E-state index contributed by atoms with van der Waals surface area (Å²) in [6.07, 6.45) is 4.40. The van der Waals surface area contributed by atoms with Gasteiger partial charge in [0.05, 0.1) is 12.0 Å². The minimum atomic E-state index is -0.689. The highest BCUT2D eigenvalue weighted by atomic mass is 16.5. The molecule has 1 unspecified atom stereocenters. The number of aliphatic carboxylic acids is 1. The first-order valence-corrected chi connectivity index (χ1v) is 5.78. The van der Waals surface area contributed by atoms with Gasteiger partial charge in [0.15, 0.2) is 0 Å². The van der Waals surface area contributed by atoms with Gasteiger partial charge in [-0.15, -0.1) is 0 Å². The molecule has 0 aromatic heterocycles. The SMILES string of the molecule is COCC(C(=O)O)(C(C)C)C1CCCC1. The van der Waals surface area contributed by atoms with Crippen molar-refractivity contribution in [3.05, 3.63) is 0 Å². The zero-order chi connectivity index (χ0) is 11.5. The summed E-state index contributed by atoms with van der Waals surface area (Å²) < 4.78 is 5.16. The summed E-state index contributed by atoms with van der Waals surface area (Å²) in [7, 11) is 1.59. The molecule has 0 amide bonds. The molecule has 1 aliphatic carbocycles. The molecule has 1 atom stereocenters. The molecular weight excluding hydrogens is 192 g/mol. The largest absolute Gasteiger partial charge is 0.481 e. The number of hydrogen-bond donors (Lipinski definition) is 1. The van der Waals surface area contributed by atoms with Crippen LogP contribution in [0.4, 0.5) is 0 Å². The van der Waals surface area contributed by atoms with Crippen LogP contribution in [0.5, 0.6) is 0 Å². The number of carboxylic acids is 1. The highest BCUT2D eigenvalue weighted by molar-refractivity contribution is 5.75. The molecule has 0 aliphatic heterocycles. The van der Waals surface area contributed by atoms with Crippen molar-refractivity contribution in [2.75, 3.05) is 13.7 Å². The van der Waals surface area contributed by atoms with Gasteiger partial charge in [0.25, 0.3) is 0 Å². The summed E-state index contributed by atoms with van der Waals surface area (Å²) in [6, 6.07) is 0. The van der Waals surface area contributed by atoms with Crippen LogP contribution in [0.2, 0.25) is 0 Å². The molecule has 3 nitrogen and oxygen atoms in total. The van der Waals surface area contributed by atoms with Crippen molar-refractivity contribution < 1.29 is 14.6 Å². The molecule has 1 fully saturated rings. The molecule has 0 saturated heterocycles. The number of ether oxygens (including phenoxy) is 1. The molecule has 1 N–H and O–H groups in total. The average Bonchev–Trinajstić information content (AvgIpc) is 2.65.